The van der Waals surface area contributed by atoms with Crippen LogP contribution in [-0.4, -0.2) is 19.0 Å². The number of hydrogen-bond donors (Lipinski definition) is 2. The molecule has 0 bridgehead atoms. The fourth-order valence-electron chi connectivity index (χ4n) is 2.16. The Morgan fingerprint density at radius 3 is 2.36 bits per heavy atom. The van der Waals surface area contributed by atoms with Crippen molar-refractivity contribution < 1.29 is 22.7 Å². The average Bonchev–Trinajstić information content (AvgIpc) is 2.43. The lowest BCUT2D eigenvalue weighted by Crippen LogP contribution is -2.24. The lowest BCUT2D eigenvalue weighted by atomic mass is 9.98. The van der Waals surface area contributed by atoms with Crippen molar-refractivity contribution in [1.82, 2.24) is 0 Å². The van der Waals surface area contributed by atoms with Crippen molar-refractivity contribution in [3.8, 4) is 5.75 Å². The number of carbonyl (C=O) groups is 1. The van der Waals surface area contributed by atoms with Crippen LogP contribution in [0.4, 0.5) is 13.2 Å². The Balaban J connectivity index is 2.81. The molecule has 2 aromatic carbocycles. The van der Waals surface area contributed by atoms with Crippen LogP contribution in [0.15, 0.2) is 35.3 Å². The third kappa shape index (κ3) is 2.80. The first-order valence-corrected chi connectivity index (χ1v) is 6.06. The topological polar surface area (TPSA) is 90.7 Å². The molecule has 0 radical (unpaired) electrons. The van der Waals surface area contributed by atoms with Crippen LogP contribution in [0, 0.1) is 0 Å². The fraction of sp³-hybridized carbons (Fsp3) is 0.143. The van der Waals surface area contributed by atoms with Crippen LogP contribution in [0.2, 0.25) is 0 Å². The molecule has 0 saturated heterocycles. The molecule has 0 aliphatic rings. The summed E-state index contributed by atoms with van der Waals surface area (Å²) < 4.78 is 44.6. The second kappa shape index (κ2) is 5.55. The van der Waals surface area contributed by atoms with Gasteiger partial charge in [0.2, 0.25) is 0 Å². The molecule has 0 aliphatic heterocycles. The zero-order valence-corrected chi connectivity index (χ0v) is 11.4. The molecule has 0 spiro atoms. The van der Waals surface area contributed by atoms with Gasteiger partial charge < -0.3 is 16.2 Å². The number of benzene rings is 2. The molecular weight excluding hydrogens is 299 g/mol. The van der Waals surface area contributed by atoms with Crippen molar-refractivity contribution in [2.45, 2.75) is 6.18 Å². The Morgan fingerprint density at radius 1 is 1.14 bits per heavy atom. The normalized spacial score (nSPS) is 11.3. The van der Waals surface area contributed by atoms with E-state index in [-0.39, 0.29) is 22.1 Å². The molecule has 2 rings (SSSR count). The summed E-state index contributed by atoms with van der Waals surface area (Å²) in [5.41, 5.74) is 9.27. The minimum Gasteiger partial charge on any atom is -0.496 e. The predicted octanol–water partition coefficient (Wildman–Crippen LogP) is 2.28. The lowest BCUT2D eigenvalue weighted by Gasteiger charge is -2.15. The zero-order chi connectivity index (χ0) is 16.5. The van der Waals surface area contributed by atoms with Crippen molar-refractivity contribution in [1.29, 1.82) is 0 Å². The van der Waals surface area contributed by atoms with Gasteiger partial charge in [-0.1, -0.05) is 12.1 Å². The van der Waals surface area contributed by atoms with E-state index in [1.165, 1.54) is 24.3 Å². The summed E-state index contributed by atoms with van der Waals surface area (Å²) in [5.74, 6) is -1.61. The van der Waals surface area contributed by atoms with E-state index in [9.17, 15) is 18.0 Å². The highest BCUT2D eigenvalue weighted by molar-refractivity contribution is 6.11. The third-order valence-electron chi connectivity index (χ3n) is 2.99. The molecule has 0 unspecified atom stereocenters. The smallest absolute Gasteiger partial charge is 0.420 e. The van der Waals surface area contributed by atoms with E-state index in [0.717, 1.165) is 13.2 Å². The molecule has 8 heteroatoms. The molecule has 0 saturated carbocycles. The van der Waals surface area contributed by atoms with E-state index in [1.54, 1.807) is 0 Å². The molecule has 1 amide bonds. The number of hydrogen-bond acceptors (Lipinski definition) is 2. The summed E-state index contributed by atoms with van der Waals surface area (Å²) in [5, 5.41) is -0.0749. The van der Waals surface area contributed by atoms with Gasteiger partial charge in [-0.15, -0.1) is 0 Å². The molecule has 4 N–H and O–H groups in total. The Hall–Kier alpha value is -2.77. The standard InChI is InChI=1S/C14H12F3N3O2/c1-22-10-6-5-7-8(11(10)14(15,16)17)3-2-4-9(7)12(21)20-13(18)19/h2-6H,1H3,(H4,18,19,20,21). The first-order chi connectivity index (χ1) is 10.3. The number of methoxy groups -OCH3 is 1. The number of nitrogens with two attached hydrogens (primary N) is 2. The van der Waals surface area contributed by atoms with Crippen molar-refractivity contribution in [2.24, 2.45) is 16.5 Å². The van der Waals surface area contributed by atoms with Crippen molar-refractivity contribution in [3.63, 3.8) is 0 Å². The fourth-order valence-corrected chi connectivity index (χ4v) is 2.16. The molecule has 116 valence electrons. The molecule has 0 aliphatic carbocycles. The van der Waals surface area contributed by atoms with Crippen LogP contribution in [0.1, 0.15) is 15.9 Å². The van der Waals surface area contributed by atoms with Gasteiger partial charge in [0.05, 0.1) is 7.11 Å². The van der Waals surface area contributed by atoms with Gasteiger partial charge in [0.15, 0.2) is 5.96 Å². The summed E-state index contributed by atoms with van der Waals surface area (Å²) in [6.45, 7) is 0. The van der Waals surface area contributed by atoms with Gasteiger partial charge in [-0.05, 0) is 29.0 Å². The third-order valence-corrected chi connectivity index (χ3v) is 2.99. The molecule has 0 fully saturated rings. The van der Waals surface area contributed by atoms with Crippen molar-refractivity contribution in [2.75, 3.05) is 7.11 Å². The van der Waals surface area contributed by atoms with E-state index in [4.69, 9.17) is 16.2 Å². The van der Waals surface area contributed by atoms with Gasteiger partial charge in [0.25, 0.3) is 5.91 Å². The first kappa shape index (κ1) is 15.6. The number of ether oxygens (including phenoxy) is 1. The number of carbonyl (C=O) groups excluding carboxylic acids is 1. The van der Waals surface area contributed by atoms with Crippen LogP contribution in [0.3, 0.4) is 0 Å². The zero-order valence-electron chi connectivity index (χ0n) is 11.4. The van der Waals surface area contributed by atoms with Crippen LogP contribution >= 0.6 is 0 Å². The van der Waals surface area contributed by atoms with E-state index < -0.39 is 23.6 Å². The summed E-state index contributed by atoms with van der Waals surface area (Å²) >= 11 is 0. The maximum absolute atomic E-state index is 13.3. The van der Waals surface area contributed by atoms with Crippen molar-refractivity contribution >= 4 is 22.6 Å². The average molecular weight is 311 g/mol. The van der Waals surface area contributed by atoms with Gasteiger partial charge in [-0.25, -0.2) is 0 Å². The molecule has 0 aromatic heterocycles. The number of nitrogens with zero attached hydrogens (tertiary/aromatic N) is 1. The largest absolute Gasteiger partial charge is 0.496 e. The van der Waals surface area contributed by atoms with Gasteiger partial charge in [0.1, 0.15) is 11.3 Å². The highest BCUT2D eigenvalue weighted by atomic mass is 19.4. The van der Waals surface area contributed by atoms with Crippen LogP contribution in [0.5, 0.6) is 5.75 Å². The molecule has 22 heavy (non-hydrogen) atoms. The highest BCUT2D eigenvalue weighted by Gasteiger charge is 2.36. The number of amides is 1. The summed E-state index contributed by atoms with van der Waals surface area (Å²) in [7, 11) is 1.14. The Kier molecular flexibility index (Phi) is 3.94. The maximum Gasteiger partial charge on any atom is 0.420 e. The second-order valence-electron chi connectivity index (χ2n) is 4.38. The number of fused-ring (bicyclic) bond motifs is 1. The molecule has 5 nitrogen and oxygen atoms in total. The van der Waals surface area contributed by atoms with Gasteiger partial charge >= 0.3 is 6.18 Å². The highest BCUT2D eigenvalue weighted by Crippen LogP contribution is 2.41. The van der Waals surface area contributed by atoms with E-state index >= 15 is 0 Å². The van der Waals surface area contributed by atoms with Gasteiger partial charge in [-0.2, -0.15) is 18.2 Å². The van der Waals surface area contributed by atoms with Crippen LogP contribution in [0.25, 0.3) is 10.8 Å². The number of halogens is 3. The molecule has 0 atom stereocenters. The number of aliphatic imine (C=N–C) groups is 1. The number of alkyl halides is 3. The maximum atomic E-state index is 13.3. The molecular formula is C14H12F3N3O2. The predicted molar refractivity (Wildman–Crippen MR) is 75.6 cm³/mol. The van der Waals surface area contributed by atoms with Gasteiger partial charge in [0, 0.05) is 5.56 Å². The molecule has 0 heterocycles. The summed E-state index contributed by atoms with van der Waals surface area (Å²) in [6, 6.07) is 6.44. The van der Waals surface area contributed by atoms with Crippen molar-refractivity contribution in [3.05, 3.63) is 41.5 Å². The van der Waals surface area contributed by atoms with Crippen LogP contribution < -0.4 is 16.2 Å². The first-order valence-electron chi connectivity index (χ1n) is 6.06. The monoisotopic (exact) mass is 311 g/mol. The summed E-state index contributed by atoms with van der Waals surface area (Å²) in [6.07, 6.45) is -4.64. The Bertz CT molecular complexity index is 766. The minimum absolute atomic E-state index is 0.0287. The number of guanidine groups is 1. The Labute approximate surface area is 123 Å². The Morgan fingerprint density at radius 2 is 1.82 bits per heavy atom. The van der Waals surface area contributed by atoms with Crippen LogP contribution in [-0.2, 0) is 6.18 Å². The van der Waals surface area contributed by atoms with E-state index in [2.05, 4.69) is 4.99 Å². The summed E-state index contributed by atoms with van der Waals surface area (Å²) in [4.78, 5) is 15.3. The van der Waals surface area contributed by atoms with E-state index in [0.29, 0.717) is 0 Å². The van der Waals surface area contributed by atoms with E-state index in [1.807, 2.05) is 0 Å². The quantitative estimate of drug-likeness (QED) is 0.657. The minimum atomic E-state index is -4.64. The number of rotatable bonds is 2. The SMILES string of the molecule is COc1ccc2c(C(=O)N=C(N)N)cccc2c1C(F)(F)F. The lowest BCUT2D eigenvalue weighted by molar-refractivity contribution is -0.137. The van der Waals surface area contributed by atoms with Gasteiger partial charge in [-0.3, -0.25) is 4.79 Å². The molecule has 2 aromatic rings. The second-order valence-corrected chi connectivity index (χ2v) is 4.38.